The van der Waals surface area contributed by atoms with Gasteiger partial charge in [-0.2, -0.15) is 0 Å². The molecule has 3 rings (SSSR count). The maximum Gasteiger partial charge on any atom is 0.260 e. The molecule has 1 saturated heterocycles. The molecule has 0 saturated carbocycles. The summed E-state index contributed by atoms with van der Waals surface area (Å²) in [6.07, 6.45) is 3.18. The van der Waals surface area contributed by atoms with Gasteiger partial charge in [-0.25, -0.2) is 0 Å². The molecule has 0 spiro atoms. The number of halogens is 1. The van der Waals surface area contributed by atoms with Gasteiger partial charge in [0.1, 0.15) is 5.75 Å². The van der Waals surface area contributed by atoms with Crippen LogP contribution in [0, 0.1) is 0 Å². The second-order valence-corrected chi connectivity index (χ2v) is 8.70. The van der Waals surface area contributed by atoms with Gasteiger partial charge >= 0.3 is 0 Å². The molecule has 1 fully saturated rings. The number of piperidine rings is 1. The Labute approximate surface area is 199 Å². The fourth-order valence-corrected chi connectivity index (χ4v) is 4.12. The number of hydrogen-bond donors (Lipinski definition) is 2. The van der Waals surface area contributed by atoms with E-state index < -0.39 is 0 Å². The molecule has 33 heavy (non-hydrogen) atoms. The lowest BCUT2D eigenvalue weighted by atomic mass is 9.97. The molecule has 0 bridgehead atoms. The second-order valence-electron chi connectivity index (χ2n) is 8.26. The van der Waals surface area contributed by atoms with Crippen LogP contribution in [-0.4, -0.2) is 54.4 Å². The van der Waals surface area contributed by atoms with Crippen LogP contribution in [0.3, 0.4) is 0 Å². The first-order chi connectivity index (χ1) is 15.8. The van der Waals surface area contributed by atoms with Gasteiger partial charge in [0, 0.05) is 41.3 Å². The lowest BCUT2D eigenvalue weighted by Gasteiger charge is -2.38. The Balaban J connectivity index is 1.40. The SMILES string of the molecule is CC1CCCC(C)N1C(=O)COc1ccc(C(=O)NCCNC(=O)c2ccc(Cl)cc2)cc1. The molecule has 2 aromatic rings. The predicted molar refractivity (Wildman–Crippen MR) is 128 cm³/mol. The molecule has 0 radical (unpaired) electrons. The zero-order valence-electron chi connectivity index (χ0n) is 19.0. The van der Waals surface area contributed by atoms with Crippen molar-refractivity contribution < 1.29 is 19.1 Å². The fraction of sp³-hybridized carbons (Fsp3) is 0.400. The number of nitrogens with zero attached hydrogens (tertiary/aromatic N) is 1. The molecule has 0 aliphatic carbocycles. The summed E-state index contributed by atoms with van der Waals surface area (Å²) in [6, 6.07) is 13.7. The Morgan fingerprint density at radius 3 is 1.88 bits per heavy atom. The molecule has 2 aromatic carbocycles. The second kappa shape index (κ2) is 11.7. The van der Waals surface area contributed by atoms with Crippen molar-refractivity contribution in [3.63, 3.8) is 0 Å². The number of carbonyl (C=O) groups is 3. The highest BCUT2D eigenvalue weighted by atomic mass is 35.5. The quantitative estimate of drug-likeness (QED) is 0.575. The first-order valence-corrected chi connectivity index (χ1v) is 11.6. The van der Waals surface area contributed by atoms with E-state index in [2.05, 4.69) is 24.5 Å². The average molecular weight is 472 g/mol. The van der Waals surface area contributed by atoms with E-state index in [9.17, 15) is 14.4 Å². The Morgan fingerprint density at radius 1 is 0.879 bits per heavy atom. The zero-order chi connectivity index (χ0) is 23.8. The largest absolute Gasteiger partial charge is 0.484 e. The summed E-state index contributed by atoms with van der Waals surface area (Å²) in [7, 11) is 0. The van der Waals surface area contributed by atoms with E-state index in [0.717, 1.165) is 19.3 Å². The van der Waals surface area contributed by atoms with Crippen LogP contribution in [-0.2, 0) is 4.79 Å². The number of ether oxygens (including phenoxy) is 1. The normalized spacial score (nSPS) is 17.8. The lowest BCUT2D eigenvalue weighted by Crippen LogP contribution is -2.49. The van der Waals surface area contributed by atoms with Gasteiger partial charge in [-0.15, -0.1) is 0 Å². The lowest BCUT2D eigenvalue weighted by molar-refractivity contribution is -0.139. The third-order valence-electron chi connectivity index (χ3n) is 5.76. The van der Waals surface area contributed by atoms with Crippen LogP contribution in [0.2, 0.25) is 5.02 Å². The minimum atomic E-state index is -0.255. The Bertz CT molecular complexity index is 953. The van der Waals surface area contributed by atoms with Crippen molar-refractivity contribution in [1.29, 1.82) is 0 Å². The molecule has 1 aliphatic rings. The maximum atomic E-state index is 12.6. The van der Waals surface area contributed by atoms with Crippen molar-refractivity contribution in [2.75, 3.05) is 19.7 Å². The van der Waals surface area contributed by atoms with Crippen LogP contribution in [0.15, 0.2) is 48.5 Å². The highest BCUT2D eigenvalue weighted by Crippen LogP contribution is 2.23. The van der Waals surface area contributed by atoms with Gasteiger partial charge in [-0.1, -0.05) is 11.6 Å². The minimum Gasteiger partial charge on any atom is -0.484 e. The van der Waals surface area contributed by atoms with Gasteiger partial charge in [0.2, 0.25) is 0 Å². The number of benzene rings is 2. The molecular formula is C25H30ClN3O4. The van der Waals surface area contributed by atoms with E-state index in [-0.39, 0.29) is 43.0 Å². The molecule has 2 atom stereocenters. The van der Waals surface area contributed by atoms with Gasteiger partial charge < -0.3 is 20.3 Å². The molecule has 0 aromatic heterocycles. The van der Waals surface area contributed by atoms with Crippen LogP contribution in [0.25, 0.3) is 0 Å². The molecule has 1 aliphatic heterocycles. The van der Waals surface area contributed by atoms with Gasteiger partial charge in [-0.05, 0) is 81.6 Å². The predicted octanol–water partition coefficient (Wildman–Crippen LogP) is 3.67. The van der Waals surface area contributed by atoms with E-state index in [1.165, 1.54) is 0 Å². The Hall–Kier alpha value is -3.06. The van der Waals surface area contributed by atoms with Crippen molar-refractivity contribution in [3.8, 4) is 5.75 Å². The molecule has 2 unspecified atom stereocenters. The number of rotatable bonds is 8. The summed E-state index contributed by atoms with van der Waals surface area (Å²) in [5.41, 5.74) is 0.972. The standard InChI is InChI=1S/C25H30ClN3O4/c1-17-4-3-5-18(2)29(17)23(30)16-33-22-12-8-20(9-13-22)25(32)28-15-14-27-24(31)19-6-10-21(26)11-7-19/h6-13,17-18H,3-5,14-16H2,1-2H3,(H,27,31)(H,28,32). The van der Waals surface area contributed by atoms with E-state index in [1.807, 2.05) is 4.90 Å². The van der Waals surface area contributed by atoms with Crippen LogP contribution < -0.4 is 15.4 Å². The van der Waals surface area contributed by atoms with Gasteiger partial charge in [0.25, 0.3) is 17.7 Å². The van der Waals surface area contributed by atoms with Crippen molar-refractivity contribution in [1.82, 2.24) is 15.5 Å². The molecule has 176 valence electrons. The van der Waals surface area contributed by atoms with E-state index >= 15 is 0 Å². The van der Waals surface area contributed by atoms with Crippen LogP contribution in [0.5, 0.6) is 5.75 Å². The Kier molecular flexibility index (Phi) is 8.72. The number of likely N-dealkylation sites (tertiary alicyclic amines) is 1. The van der Waals surface area contributed by atoms with Crippen molar-refractivity contribution in [2.45, 2.75) is 45.2 Å². The number of carbonyl (C=O) groups excluding carboxylic acids is 3. The molecule has 8 heteroatoms. The summed E-state index contributed by atoms with van der Waals surface area (Å²) in [5.74, 6) is 0.0317. The summed E-state index contributed by atoms with van der Waals surface area (Å²) >= 11 is 5.82. The molecular weight excluding hydrogens is 442 g/mol. The fourth-order valence-electron chi connectivity index (χ4n) is 3.99. The summed E-state index contributed by atoms with van der Waals surface area (Å²) in [6.45, 7) is 4.71. The third kappa shape index (κ3) is 6.96. The van der Waals surface area contributed by atoms with Crippen molar-refractivity contribution in [2.24, 2.45) is 0 Å². The van der Waals surface area contributed by atoms with E-state index in [4.69, 9.17) is 16.3 Å². The van der Waals surface area contributed by atoms with E-state index in [1.54, 1.807) is 48.5 Å². The first-order valence-electron chi connectivity index (χ1n) is 11.2. The van der Waals surface area contributed by atoms with Gasteiger partial charge in [-0.3, -0.25) is 14.4 Å². The Morgan fingerprint density at radius 2 is 1.36 bits per heavy atom. The monoisotopic (exact) mass is 471 g/mol. The van der Waals surface area contributed by atoms with Crippen molar-refractivity contribution in [3.05, 3.63) is 64.7 Å². The number of amides is 3. The number of nitrogens with one attached hydrogen (secondary N) is 2. The van der Waals surface area contributed by atoms with Gasteiger partial charge in [0.15, 0.2) is 6.61 Å². The van der Waals surface area contributed by atoms with Crippen LogP contribution >= 0.6 is 11.6 Å². The first kappa shape index (κ1) is 24.6. The van der Waals surface area contributed by atoms with Gasteiger partial charge in [0.05, 0.1) is 0 Å². The summed E-state index contributed by atoms with van der Waals surface area (Å²) < 4.78 is 5.65. The highest BCUT2D eigenvalue weighted by molar-refractivity contribution is 6.30. The summed E-state index contributed by atoms with van der Waals surface area (Å²) in [4.78, 5) is 38.8. The van der Waals surface area contributed by atoms with Crippen LogP contribution in [0.4, 0.5) is 0 Å². The zero-order valence-corrected chi connectivity index (χ0v) is 19.7. The maximum absolute atomic E-state index is 12.6. The van der Waals surface area contributed by atoms with E-state index in [0.29, 0.717) is 28.4 Å². The topological polar surface area (TPSA) is 87.7 Å². The molecule has 1 heterocycles. The summed E-state index contributed by atoms with van der Waals surface area (Å²) in [5, 5.41) is 6.07. The van der Waals surface area contributed by atoms with Crippen LogP contribution in [0.1, 0.15) is 53.8 Å². The third-order valence-corrected chi connectivity index (χ3v) is 6.01. The molecule has 2 N–H and O–H groups in total. The van der Waals surface area contributed by atoms with Crippen molar-refractivity contribution >= 4 is 29.3 Å². The highest BCUT2D eigenvalue weighted by Gasteiger charge is 2.28. The molecule has 7 nitrogen and oxygen atoms in total. The smallest absolute Gasteiger partial charge is 0.260 e. The minimum absolute atomic E-state index is 0.0165. The average Bonchev–Trinajstić information content (AvgIpc) is 2.81. The molecule has 3 amide bonds. The number of hydrogen-bond acceptors (Lipinski definition) is 4.